The summed E-state index contributed by atoms with van der Waals surface area (Å²) < 4.78 is 1.99. The van der Waals surface area contributed by atoms with Crippen molar-refractivity contribution in [3.8, 4) is 5.75 Å². The molecule has 1 atom stereocenters. The fourth-order valence-electron chi connectivity index (χ4n) is 3.27. The molecule has 3 rings (SSSR count). The second-order valence-electron chi connectivity index (χ2n) is 6.44. The lowest BCUT2D eigenvalue weighted by atomic mass is 10.0. The van der Waals surface area contributed by atoms with E-state index in [1.54, 1.807) is 12.3 Å². The summed E-state index contributed by atoms with van der Waals surface area (Å²) in [5.41, 5.74) is 1.82. The Bertz CT molecular complexity index is 709. The molecule has 4 nitrogen and oxygen atoms in total. The average molecular weight is 312 g/mol. The van der Waals surface area contributed by atoms with Crippen molar-refractivity contribution in [2.45, 2.75) is 45.3 Å². The summed E-state index contributed by atoms with van der Waals surface area (Å²) in [6.45, 7) is 4.73. The van der Waals surface area contributed by atoms with Crippen molar-refractivity contribution in [3.05, 3.63) is 64.1 Å². The van der Waals surface area contributed by atoms with Crippen LogP contribution in [0.25, 0.3) is 0 Å². The summed E-state index contributed by atoms with van der Waals surface area (Å²) in [4.78, 5) is 14.3. The van der Waals surface area contributed by atoms with Gasteiger partial charge in [-0.3, -0.25) is 9.69 Å². The van der Waals surface area contributed by atoms with E-state index in [0.717, 1.165) is 24.3 Å². The van der Waals surface area contributed by atoms with E-state index in [4.69, 9.17) is 0 Å². The molecule has 1 aliphatic heterocycles. The van der Waals surface area contributed by atoms with E-state index in [-0.39, 0.29) is 11.2 Å². The lowest BCUT2D eigenvalue weighted by Gasteiger charge is -2.34. The molecule has 122 valence electrons. The molecule has 0 aliphatic carbocycles. The van der Waals surface area contributed by atoms with Gasteiger partial charge in [0, 0.05) is 30.9 Å². The van der Waals surface area contributed by atoms with E-state index < -0.39 is 0 Å². The highest BCUT2D eigenvalue weighted by Crippen LogP contribution is 2.20. The van der Waals surface area contributed by atoms with Crippen LogP contribution in [0.3, 0.4) is 0 Å². The molecule has 1 N–H and O–H groups in total. The van der Waals surface area contributed by atoms with Crippen LogP contribution in [0.2, 0.25) is 0 Å². The molecule has 1 aliphatic rings. The minimum absolute atomic E-state index is 0.184. The first-order valence-electron chi connectivity index (χ1n) is 8.34. The monoisotopic (exact) mass is 312 g/mol. The highest BCUT2D eigenvalue weighted by molar-refractivity contribution is 5.23. The third kappa shape index (κ3) is 3.82. The fourth-order valence-corrected chi connectivity index (χ4v) is 3.27. The first kappa shape index (κ1) is 15.8. The molecule has 0 spiro atoms. The molecule has 1 aromatic carbocycles. The van der Waals surface area contributed by atoms with Gasteiger partial charge in [-0.25, -0.2) is 0 Å². The molecule has 1 aromatic heterocycles. The van der Waals surface area contributed by atoms with Crippen molar-refractivity contribution in [1.82, 2.24) is 9.47 Å². The first-order valence-corrected chi connectivity index (χ1v) is 8.34. The van der Waals surface area contributed by atoms with E-state index in [1.807, 2.05) is 22.8 Å². The van der Waals surface area contributed by atoms with Gasteiger partial charge in [0.25, 0.3) is 0 Å². The number of aromatic nitrogens is 1. The summed E-state index contributed by atoms with van der Waals surface area (Å²) in [5.74, 6) is -0.184. The highest BCUT2D eigenvalue weighted by Gasteiger charge is 2.19. The van der Waals surface area contributed by atoms with Crippen LogP contribution in [0.4, 0.5) is 0 Å². The number of likely N-dealkylation sites (tertiary alicyclic amines) is 1. The number of benzene rings is 1. The first-order chi connectivity index (χ1) is 11.1. The largest absolute Gasteiger partial charge is 0.503 e. The molecule has 0 saturated carbocycles. The second-order valence-corrected chi connectivity index (χ2v) is 6.44. The zero-order valence-corrected chi connectivity index (χ0v) is 13.6. The lowest BCUT2D eigenvalue weighted by Crippen LogP contribution is -2.37. The molecule has 4 heteroatoms. The Hall–Kier alpha value is -2.07. The van der Waals surface area contributed by atoms with Gasteiger partial charge in [0.1, 0.15) is 0 Å². The van der Waals surface area contributed by atoms with E-state index >= 15 is 0 Å². The van der Waals surface area contributed by atoms with Crippen molar-refractivity contribution >= 4 is 0 Å². The van der Waals surface area contributed by atoms with Crippen molar-refractivity contribution < 1.29 is 5.11 Å². The van der Waals surface area contributed by atoms with Gasteiger partial charge < -0.3 is 9.67 Å². The Morgan fingerprint density at radius 3 is 2.70 bits per heavy atom. The maximum absolute atomic E-state index is 11.9. The van der Waals surface area contributed by atoms with Gasteiger partial charge in [0.15, 0.2) is 5.75 Å². The van der Waals surface area contributed by atoms with Crippen LogP contribution in [0.5, 0.6) is 5.75 Å². The maximum Gasteiger partial charge on any atom is 0.223 e. The van der Waals surface area contributed by atoms with Crippen LogP contribution in [-0.2, 0) is 13.1 Å². The third-order valence-electron chi connectivity index (χ3n) is 4.70. The number of pyridine rings is 1. The Labute approximate surface area is 137 Å². The summed E-state index contributed by atoms with van der Waals surface area (Å²) in [6, 6.07) is 12.2. The normalized spacial score (nSPS) is 18.9. The van der Waals surface area contributed by atoms with E-state index in [0.29, 0.717) is 12.6 Å². The summed E-state index contributed by atoms with van der Waals surface area (Å²) in [5, 5.41) is 9.81. The smallest absolute Gasteiger partial charge is 0.223 e. The Kier molecular flexibility index (Phi) is 4.82. The van der Waals surface area contributed by atoms with E-state index in [2.05, 4.69) is 24.0 Å². The summed E-state index contributed by atoms with van der Waals surface area (Å²) in [7, 11) is 0. The maximum atomic E-state index is 11.9. The highest BCUT2D eigenvalue weighted by atomic mass is 16.3. The average Bonchev–Trinajstić information content (AvgIpc) is 2.55. The molecular weight excluding hydrogens is 288 g/mol. The minimum atomic E-state index is -0.297. The van der Waals surface area contributed by atoms with Crippen LogP contribution in [0.1, 0.15) is 37.4 Å². The molecule has 2 heterocycles. The van der Waals surface area contributed by atoms with Crippen LogP contribution >= 0.6 is 0 Å². The van der Waals surface area contributed by atoms with Gasteiger partial charge >= 0.3 is 0 Å². The van der Waals surface area contributed by atoms with Gasteiger partial charge in [-0.2, -0.15) is 0 Å². The number of hydrogen-bond donors (Lipinski definition) is 1. The minimum Gasteiger partial charge on any atom is -0.503 e. The number of hydrogen-bond acceptors (Lipinski definition) is 3. The van der Waals surface area contributed by atoms with Gasteiger partial charge in [-0.15, -0.1) is 0 Å². The van der Waals surface area contributed by atoms with Crippen molar-refractivity contribution in [3.63, 3.8) is 0 Å². The van der Waals surface area contributed by atoms with Crippen LogP contribution in [-0.4, -0.2) is 27.2 Å². The van der Waals surface area contributed by atoms with Gasteiger partial charge in [0.05, 0.1) is 6.20 Å². The molecule has 1 saturated heterocycles. The third-order valence-corrected chi connectivity index (χ3v) is 4.70. The van der Waals surface area contributed by atoms with Crippen LogP contribution in [0, 0.1) is 0 Å². The van der Waals surface area contributed by atoms with Crippen LogP contribution in [0.15, 0.2) is 47.4 Å². The molecule has 0 radical (unpaired) electrons. The zero-order valence-electron chi connectivity index (χ0n) is 13.6. The van der Waals surface area contributed by atoms with Gasteiger partial charge in [-0.1, -0.05) is 36.8 Å². The molecule has 23 heavy (non-hydrogen) atoms. The summed E-state index contributed by atoms with van der Waals surface area (Å²) in [6.07, 6.45) is 5.27. The van der Waals surface area contributed by atoms with Crippen molar-refractivity contribution in [2.24, 2.45) is 0 Å². The molecule has 1 unspecified atom stereocenters. The standard InChI is InChI=1S/C19H24N2O2/c1-15-7-5-6-10-20(15)13-17-11-18(22)19(23)14-21(17)12-16-8-3-2-4-9-16/h2-4,8-9,11,14-15,23H,5-7,10,12-13H2,1H3. The molecule has 2 aromatic rings. The zero-order chi connectivity index (χ0) is 16.2. The molecular formula is C19H24N2O2. The van der Waals surface area contributed by atoms with Crippen molar-refractivity contribution in [1.29, 1.82) is 0 Å². The lowest BCUT2D eigenvalue weighted by molar-refractivity contribution is 0.149. The van der Waals surface area contributed by atoms with E-state index in [9.17, 15) is 9.90 Å². The summed E-state index contributed by atoms with van der Waals surface area (Å²) >= 11 is 0. The predicted molar refractivity (Wildman–Crippen MR) is 91.6 cm³/mol. The number of rotatable bonds is 4. The van der Waals surface area contributed by atoms with Gasteiger partial charge in [0.2, 0.25) is 5.43 Å². The fraction of sp³-hybridized carbons (Fsp3) is 0.421. The topological polar surface area (TPSA) is 45.5 Å². The quantitative estimate of drug-likeness (QED) is 0.944. The Morgan fingerprint density at radius 2 is 1.96 bits per heavy atom. The predicted octanol–water partition coefficient (Wildman–Crippen LogP) is 2.98. The van der Waals surface area contributed by atoms with Crippen molar-refractivity contribution in [2.75, 3.05) is 6.54 Å². The SMILES string of the molecule is CC1CCCCN1Cc1cc(=O)c(O)cn1Cc1ccccc1. The number of piperidine rings is 1. The molecule has 0 bridgehead atoms. The second kappa shape index (κ2) is 7.01. The Balaban J connectivity index is 1.88. The number of nitrogens with zero attached hydrogens (tertiary/aromatic N) is 2. The van der Waals surface area contributed by atoms with E-state index in [1.165, 1.54) is 19.3 Å². The van der Waals surface area contributed by atoms with Crippen LogP contribution < -0.4 is 5.43 Å². The van der Waals surface area contributed by atoms with Gasteiger partial charge in [-0.05, 0) is 31.9 Å². The number of aromatic hydroxyl groups is 1. The molecule has 1 fully saturated rings. The molecule has 0 amide bonds. The Morgan fingerprint density at radius 1 is 1.17 bits per heavy atom.